The van der Waals surface area contributed by atoms with Crippen molar-refractivity contribution in [3.8, 4) is 5.75 Å². The molecule has 1 aliphatic heterocycles. The zero-order chi connectivity index (χ0) is 16.2. The van der Waals surface area contributed by atoms with Crippen LogP contribution >= 0.6 is 0 Å². The number of nitrogens with one attached hydrogen (secondary N) is 1. The largest absolute Gasteiger partial charge is 0.504 e. The Balaban J connectivity index is 1.76. The van der Waals surface area contributed by atoms with Crippen LogP contribution in [0.25, 0.3) is 0 Å². The fourth-order valence-corrected chi connectivity index (χ4v) is 2.42. The average Bonchev–Trinajstić information content (AvgIpc) is 2.45. The number of carbonyl (C=O) groups is 1. The Labute approximate surface area is 131 Å². The zero-order valence-electron chi connectivity index (χ0n) is 13.5. The molecule has 0 saturated carbocycles. The summed E-state index contributed by atoms with van der Waals surface area (Å²) in [6.45, 7) is 7.78. The Morgan fingerprint density at radius 3 is 2.73 bits per heavy atom. The monoisotopic (exact) mass is 307 g/mol. The first-order valence-corrected chi connectivity index (χ1v) is 7.71. The minimum atomic E-state index is -0.452. The van der Waals surface area contributed by atoms with Gasteiger partial charge in [-0.1, -0.05) is 0 Å². The fourth-order valence-electron chi connectivity index (χ4n) is 2.42. The molecule has 122 valence electrons. The van der Waals surface area contributed by atoms with Crippen LogP contribution in [-0.4, -0.2) is 46.3 Å². The van der Waals surface area contributed by atoms with E-state index in [4.69, 9.17) is 4.74 Å². The quantitative estimate of drug-likeness (QED) is 0.898. The first-order chi connectivity index (χ1) is 10.3. The van der Waals surface area contributed by atoms with Crippen molar-refractivity contribution in [2.24, 2.45) is 5.92 Å². The highest BCUT2D eigenvalue weighted by atomic mass is 16.6. The van der Waals surface area contributed by atoms with Crippen molar-refractivity contribution >= 4 is 11.9 Å². The van der Waals surface area contributed by atoms with Crippen LogP contribution in [0.5, 0.6) is 5.75 Å². The number of likely N-dealkylation sites (tertiary alicyclic amines) is 1. The van der Waals surface area contributed by atoms with Crippen molar-refractivity contribution in [1.29, 1.82) is 0 Å². The van der Waals surface area contributed by atoms with Crippen molar-refractivity contribution < 1.29 is 14.6 Å². The predicted octanol–water partition coefficient (Wildman–Crippen LogP) is 2.85. The first kappa shape index (κ1) is 16.4. The SMILES string of the molecule is CC(C)(C)OC(=O)N1CCC(CNc2ncccc2O)CC1. The second-order valence-corrected chi connectivity index (χ2v) is 6.66. The molecule has 2 N–H and O–H groups in total. The van der Waals surface area contributed by atoms with E-state index in [9.17, 15) is 9.90 Å². The van der Waals surface area contributed by atoms with Crippen LogP contribution in [0.1, 0.15) is 33.6 Å². The Morgan fingerprint density at radius 1 is 1.45 bits per heavy atom. The van der Waals surface area contributed by atoms with E-state index >= 15 is 0 Å². The molecule has 22 heavy (non-hydrogen) atoms. The number of carbonyl (C=O) groups excluding carboxylic acids is 1. The summed E-state index contributed by atoms with van der Waals surface area (Å²) in [7, 11) is 0. The molecule has 1 aromatic rings. The molecular weight excluding hydrogens is 282 g/mol. The molecule has 1 amide bonds. The summed E-state index contributed by atoms with van der Waals surface area (Å²) in [5.41, 5.74) is -0.452. The van der Waals surface area contributed by atoms with Gasteiger partial charge in [-0.3, -0.25) is 0 Å². The zero-order valence-corrected chi connectivity index (χ0v) is 13.5. The lowest BCUT2D eigenvalue weighted by Gasteiger charge is -2.33. The van der Waals surface area contributed by atoms with E-state index in [2.05, 4.69) is 10.3 Å². The maximum absolute atomic E-state index is 12.0. The number of amides is 1. The number of nitrogens with zero attached hydrogens (tertiary/aromatic N) is 2. The van der Waals surface area contributed by atoms with Gasteiger partial charge in [0.15, 0.2) is 11.6 Å². The lowest BCUT2D eigenvalue weighted by molar-refractivity contribution is 0.0188. The predicted molar refractivity (Wildman–Crippen MR) is 84.9 cm³/mol. The summed E-state index contributed by atoms with van der Waals surface area (Å²) in [4.78, 5) is 17.9. The Kier molecular flexibility index (Phi) is 5.11. The van der Waals surface area contributed by atoms with Crippen LogP contribution < -0.4 is 5.32 Å². The topological polar surface area (TPSA) is 74.7 Å². The van der Waals surface area contributed by atoms with Crippen molar-refractivity contribution in [3.63, 3.8) is 0 Å². The molecule has 1 fully saturated rings. The van der Waals surface area contributed by atoms with Crippen LogP contribution in [-0.2, 0) is 4.74 Å². The molecule has 0 aliphatic carbocycles. The van der Waals surface area contributed by atoms with Crippen LogP contribution in [0.15, 0.2) is 18.3 Å². The van der Waals surface area contributed by atoms with Gasteiger partial charge in [0.25, 0.3) is 0 Å². The number of aromatic nitrogens is 1. The second-order valence-electron chi connectivity index (χ2n) is 6.66. The van der Waals surface area contributed by atoms with E-state index in [1.807, 2.05) is 20.8 Å². The van der Waals surface area contributed by atoms with E-state index in [-0.39, 0.29) is 11.8 Å². The van der Waals surface area contributed by atoms with Gasteiger partial charge in [-0.05, 0) is 51.7 Å². The number of ether oxygens (including phenoxy) is 1. The minimum Gasteiger partial charge on any atom is -0.504 e. The maximum atomic E-state index is 12.0. The number of rotatable bonds is 3. The average molecular weight is 307 g/mol. The number of piperidine rings is 1. The van der Waals surface area contributed by atoms with Gasteiger partial charge in [-0.15, -0.1) is 0 Å². The van der Waals surface area contributed by atoms with E-state index in [1.165, 1.54) is 0 Å². The molecule has 1 aromatic heterocycles. The lowest BCUT2D eigenvalue weighted by atomic mass is 9.97. The third-order valence-electron chi connectivity index (χ3n) is 3.61. The molecule has 0 unspecified atom stereocenters. The molecule has 6 nitrogen and oxygen atoms in total. The van der Waals surface area contributed by atoms with E-state index in [0.717, 1.165) is 19.4 Å². The molecule has 1 aliphatic rings. The van der Waals surface area contributed by atoms with Crippen LogP contribution in [0, 0.1) is 5.92 Å². The summed E-state index contributed by atoms with van der Waals surface area (Å²) in [6, 6.07) is 3.31. The van der Waals surface area contributed by atoms with Crippen molar-refractivity contribution in [1.82, 2.24) is 9.88 Å². The molecule has 0 bridgehead atoms. The maximum Gasteiger partial charge on any atom is 0.410 e. The minimum absolute atomic E-state index is 0.161. The summed E-state index contributed by atoms with van der Waals surface area (Å²) in [5, 5.41) is 12.8. The molecule has 0 atom stereocenters. The summed E-state index contributed by atoms with van der Waals surface area (Å²) in [6.07, 6.45) is 3.24. The van der Waals surface area contributed by atoms with Gasteiger partial charge in [0.05, 0.1) is 0 Å². The number of hydrogen-bond acceptors (Lipinski definition) is 5. The third-order valence-corrected chi connectivity index (χ3v) is 3.61. The van der Waals surface area contributed by atoms with Crippen LogP contribution in [0.3, 0.4) is 0 Å². The Morgan fingerprint density at radius 2 is 2.14 bits per heavy atom. The fraction of sp³-hybridized carbons (Fsp3) is 0.625. The summed E-state index contributed by atoms with van der Waals surface area (Å²) in [5.74, 6) is 1.13. The van der Waals surface area contributed by atoms with Crippen molar-refractivity contribution in [2.45, 2.75) is 39.2 Å². The molecule has 0 radical (unpaired) electrons. The van der Waals surface area contributed by atoms with E-state index in [1.54, 1.807) is 23.2 Å². The van der Waals surface area contributed by atoms with Crippen molar-refractivity contribution in [2.75, 3.05) is 25.0 Å². The normalized spacial score (nSPS) is 16.4. The number of anilines is 1. The van der Waals surface area contributed by atoms with E-state index < -0.39 is 5.60 Å². The van der Waals surface area contributed by atoms with Gasteiger partial charge < -0.3 is 20.1 Å². The molecule has 2 rings (SSSR count). The van der Waals surface area contributed by atoms with Gasteiger partial charge in [0, 0.05) is 25.8 Å². The Hall–Kier alpha value is -1.98. The van der Waals surface area contributed by atoms with Crippen LogP contribution in [0.2, 0.25) is 0 Å². The highest BCUT2D eigenvalue weighted by Crippen LogP contribution is 2.22. The van der Waals surface area contributed by atoms with E-state index in [0.29, 0.717) is 24.8 Å². The molecule has 0 spiro atoms. The second kappa shape index (κ2) is 6.85. The number of pyridine rings is 1. The van der Waals surface area contributed by atoms with Gasteiger partial charge in [-0.2, -0.15) is 0 Å². The lowest BCUT2D eigenvalue weighted by Crippen LogP contribution is -2.42. The number of aromatic hydroxyl groups is 1. The molecule has 0 aromatic carbocycles. The third kappa shape index (κ3) is 4.79. The van der Waals surface area contributed by atoms with Crippen molar-refractivity contribution in [3.05, 3.63) is 18.3 Å². The van der Waals surface area contributed by atoms with Gasteiger partial charge >= 0.3 is 6.09 Å². The smallest absolute Gasteiger partial charge is 0.410 e. The highest BCUT2D eigenvalue weighted by molar-refractivity contribution is 5.68. The number of hydrogen-bond donors (Lipinski definition) is 2. The molecule has 2 heterocycles. The van der Waals surface area contributed by atoms with Gasteiger partial charge in [0.2, 0.25) is 0 Å². The Bertz CT molecular complexity index is 506. The van der Waals surface area contributed by atoms with Gasteiger partial charge in [-0.25, -0.2) is 9.78 Å². The summed E-state index contributed by atoms with van der Waals surface area (Å²) >= 11 is 0. The summed E-state index contributed by atoms with van der Waals surface area (Å²) < 4.78 is 5.39. The molecule has 6 heteroatoms. The highest BCUT2D eigenvalue weighted by Gasteiger charge is 2.26. The van der Waals surface area contributed by atoms with Crippen LogP contribution in [0.4, 0.5) is 10.6 Å². The first-order valence-electron chi connectivity index (χ1n) is 7.71. The van der Waals surface area contributed by atoms with Gasteiger partial charge in [0.1, 0.15) is 5.60 Å². The standard InChI is InChI=1S/C16H25N3O3/c1-16(2,3)22-15(21)19-9-6-12(7-10-19)11-18-14-13(20)5-4-8-17-14/h4-5,8,12,20H,6-7,9-11H2,1-3H3,(H,17,18). The molecular formula is C16H25N3O3. The molecule has 1 saturated heterocycles.